The highest BCUT2D eigenvalue weighted by atomic mass is 32.2. The van der Waals surface area contributed by atoms with Gasteiger partial charge >= 0.3 is 0 Å². The molecule has 2 aromatic rings. The minimum absolute atomic E-state index is 0.162. The molecule has 0 aliphatic rings. The Labute approximate surface area is 147 Å². The molecule has 4 nitrogen and oxygen atoms in total. The fraction of sp³-hybridized carbons (Fsp3) is 0.316. The van der Waals surface area contributed by atoms with Crippen molar-refractivity contribution in [1.82, 2.24) is 5.32 Å². The van der Waals surface area contributed by atoms with Gasteiger partial charge in [-0.2, -0.15) is 11.8 Å². The van der Waals surface area contributed by atoms with Gasteiger partial charge in [0, 0.05) is 18.1 Å². The zero-order valence-electron chi connectivity index (χ0n) is 14.0. The molecule has 5 heteroatoms. The quantitative estimate of drug-likeness (QED) is 0.716. The van der Waals surface area contributed by atoms with Crippen LogP contribution in [-0.4, -0.2) is 34.7 Å². The third-order valence-electron chi connectivity index (χ3n) is 3.09. The van der Waals surface area contributed by atoms with Crippen LogP contribution in [0.2, 0.25) is 0 Å². The summed E-state index contributed by atoms with van der Waals surface area (Å²) in [7, 11) is 0. The van der Waals surface area contributed by atoms with Crippen molar-refractivity contribution in [2.45, 2.75) is 19.4 Å². The number of rotatable bonds is 8. The second-order valence-corrected chi connectivity index (χ2v) is 7.14. The molecule has 0 atom stereocenters. The number of carbonyl (C=O) groups is 1. The van der Waals surface area contributed by atoms with Crippen LogP contribution in [0.4, 0.5) is 0 Å². The van der Waals surface area contributed by atoms with Crippen LogP contribution in [0.25, 0.3) is 0 Å². The molecule has 0 heterocycles. The Morgan fingerprint density at radius 1 is 1.12 bits per heavy atom. The van der Waals surface area contributed by atoms with Gasteiger partial charge in [-0.05, 0) is 38.1 Å². The molecule has 2 N–H and O–H groups in total. The Hall–Kier alpha value is -1.98. The van der Waals surface area contributed by atoms with Gasteiger partial charge < -0.3 is 15.2 Å². The molecule has 2 aromatic carbocycles. The first kappa shape index (κ1) is 18.4. The average Bonchev–Trinajstić information content (AvgIpc) is 2.55. The minimum Gasteiger partial charge on any atom is -0.457 e. The van der Waals surface area contributed by atoms with Gasteiger partial charge in [0.1, 0.15) is 11.5 Å². The van der Waals surface area contributed by atoms with E-state index in [9.17, 15) is 9.90 Å². The summed E-state index contributed by atoms with van der Waals surface area (Å²) in [4.78, 5) is 12.4. The number of aliphatic hydroxyl groups is 1. The third-order valence-corrected chi connectivity index (χ3v) is 4.49. The van der Waals surface area contributed by atoms with Gasteiger partial charge in [0.05, 0.1) is 11.2 Å². The first-order chi connectivity index (χ1) is 11.5. The second-order valence-electron chi connectivity index (χ2n) is 6.03. The molecule has 0 radical (unpaired) electrons. The highest BCUT2D eigenvalue weighted by Gasteiger charge is 2.14. The van der Waals surface area contributed by atoms with Crippen LogP contribution in [-0.2, 0) is 0 Å². The Kier molecular flexibility index (Phi) is 6.70. The number of ether oxygens (including phenoxy) is 1. The average molecular weight is 345 g/mol. The van der Waals surface area contributed by atoms with Crippen LogP contribution in [0.1, 0.15) is 24.2 Å². The maximum Gasteiger partial charge on any atom is 0.255 e. The van der Waals surface area contributed by atoms with Crippen LogP contribution >= 0.6 is 11.8 Å². The molecule has 0 spiro atoms. The van der Waals surface area contributed by atoms with E-state index in [0.29, 0.717) is 29.4 Å². The predicted molar refractivity (Wildman–Crippen MR) is 98.9 cm³/mol. The molecular formula is C19H23NO3S. The molecule has 0 aliphatic carbocycles. The first-order valence-corrected chi connectivity index (χ1v) is 9.01. The Morgan fingerprint density at radius 2 is 1.79 bits per heavy atom. The Balaban J connectivity index is 1.90. The van der Waals surface area contributed by atoms with Crippen molar-refractivity contribution in [1.29, 1.82) is 0 Å². The van der Waals surface area contributed by atoms with E-state index in [1.165, 1.54) is 0 Å². The standard InChI is InChI=1S/C19H23NO3S/c1-19(2,22)14-24-13-12-20-18(21)16-10-6-7-11-17(16)23-15-8-4-3-5-9-15/h3-11,22H,12-14H2,1-2H3,(H,20,21). The molecule has 0 unspecified atom stereocenters. The summed E-state index contributed by atoms with van der Waals surface area (Å²) >= 11 is 1.61. The lowest BCUT2D eigenvalue weighted by Crippen LogP contribution is -2.27. The summed E-state index contributed by atoms with van der Waals surface area (Å²) < 4.78 is 5.80. The SMILES string of the molecule is CC(C)(O)CSCCNC(=O)c1ccccc1Oc1ccccc1. The third kappa shape index (κ3) is 6.26. The van der Waals surface area contributed by atoms with E-state index < -0.39 is 5.60 Å². The van der Waals surface area contributed by atoms with E-state index in [-0.39, 0.29) is 5.91 Å². The van der Waals surface area contributed by atoms with Crippen LogP contribution in [0.5, 0.6) is 11.5 Å². The van der Waals surface area contributed by atoms with Crippen molar-refractivity contribution in [2.24, 2.45) is 0 Å². The fourth-order valence-electron chi connectivity index (χ4n) is 2.01. The van der Waals surface area contributed by atoms with Crippen molar-refractivity contribution < 1.29 is 14.6 Å². The second kappa shape index (κ2) is 8.76. The lowest BCUT2D eigenvalue weighted by molar-refractivity contribution is 0.0954. The molecule has 0 saturated carbocycles. The highest BCUT2D eigenvalue weighted by molar-refractivity contribution is 7.99. The summed E-state index contributed by atoms with van der Waals surface area (Å²) in [6.07, 6.45) is 0. The number of nitrogens with one attached hydrogen (secondary N) is 1. The summed E-state index contributed by atoms with van der Waals surface area (Å²) in [5, 5.41) is 12.5. The van der Waals surface area contributed by atoms with E-state index in [1.54, 1.807) is 37.7 Å². The zero-order valence-corrected chi connectivity index (χ0v) is 14.8. The van der Waals surface area contributed by atoms with Gasteiger partial charge in [0.2, 0.25) is 0 Å². The van der Waals surface area contributed by atoms with Gasteiger partial charge in [-0.25, -0.2) is 0 Å². The first-order valence-electron chi connectivity index (χ1n) is 7.86. The number of benzene rings is 2. The molecule has 2 rings (SSSR count). The van der Waals surface area contributed by atoms with Crippen molar-refractivity contribution >= 4 is 17.7 Å². The molecule has 0 bridgehead atoms. The molecule has 1 amide bonds. The summed E-state index contributed by atoms with van der Waals surface area (Å²) in [5.41, 5.74) is -0.181. The molecule has 128 valence electrons. The van der Waals surface area contributed by atoms with E-state index in [4.69, 9.17) is 4.74 Å². The smallest absolute Gasteiger partial charge is 0.255 e. The van der Waals surface area contributed by atoms with E-state index in [0.717, 1.165) is 5.75 Å². The van der Waals surface area contributed by atoms with E-state index in [2.05, 4.69) is 5.32 Å². The van der Waals surface area contributed by atoms with Crippen LogP contribution < -0.4 is 10.1 Å². The summed E-state index contributed by atoms with van der Waals surface area (Å²) in [6, 6.07) is 16.6. The number of carbonyl (C=O) groups excluding carboxylic acids is 1. The maximum atomic E-state index is 12.4. The molecule has 0 aliphatic heterocycles. The van der Waals surface area contributed by atoms with Gasteiger partial charge in [0.15, 0.2) is 0 Å². The topological polar surface area (TPSA) is 58.6 Å². The fourth-order valence-corrected chi connectivity index (χ4v) is 2.90. The Bertz CT molecular complexity index is 653. The van der Waals surface area contributed by atoms with Crippen molar-refractivity contribution in [3.8, 4) is 11.5 Å². The number of para-hydroxylation sites is 2. The largest absolute Gasteiger partial charge is 0.457 e. The van der Waals surface area contributed by atoms with Crippen molar-refractivity contribution in [3.05, 3.63) is 60.2 Å². The van der Waals surface area contributed by atoms with Crippen LogP contribution in [0, 0.1) is 0 Å². The highest BCUT2D eigenvalue weighted by Crippen LogP contribution is 2.24. The number of amides is 1. The summed E-state index contributed by atoms with van der Waals surface area (Å²) in [6.45, 7) is 4.09. The molecular weight excluding hydrogens is 322 g/mol. The predicted octanol–water partition coefficient (Wildman–Crippen LogP) is 3.71. The normalized spacial score (nSPS) is 11.1. The molecule has 24 heavy (non-hydrogen) atoms. The lowest BCUT2D eigenvalue weighted by Gasteiger charge is -2.16. The number of hydrogen-bond acceptors (Lipinski definition) is 4. The maximum absolute atomic E-state index is 12.4. The Morgan fingerprint density at radius 3 is 2.50 bits per heavy atom. The molecule has 0 fully saturated rings. The number of hydrogen-bond donors (Lipinski definition) is 2. The van der Waals surface area contributed by atoms with E-state index in [1.807, 2.05) is 42.5 Å². The van der Waals surface area contributed by atoms with E-state index >= 15 is 0 Å². The number of thioether (sulfide) groups is 1. The van der Waals surface area contributed by atoms with Crippen molar-refractivity contribution in [3.63, 3.8) is 0 Å². The minimum atomic E-state index is -0.690. The van der Waals surface area contributed by atoms with Gasteiger partial charge in [-0.1, -0.05) is 30.3 Å². The van der Waals surface area contributed by atoms with Crippen LogP contribution in [0.15, 0.2) is 54.6 Å². The van der Waals surface area contributed by atoms with Crippen LogP contribution in [0.3, 0.4) is 0 Å². The monoisotopic (exact) mass is 345 g/mol. The van der Waals surface area contributed by atoms with Crippen molar-refractivity contribution in [2.75, 3.05) is 18.1 Å². The molecule has 0 aromatic heterocycles. The zero-order chi connectivity index (χ0) is 17.4. The van der Waals surface area contributed by atoms with Gasteiger partial charge in [0.25, 0.3) is 5.91 Å². The van der Waals surface area contributed by atoms with Gasteiger partial charge in [-0.3, -0.25) is 4.79 Å². The molecule has 0 saturated heterocycles. The summed E-state index contributed by atoms with van der Waals surface area (Å²) in [5.74, 6) is 2.45. The lowest BCUT2D eigenvalue weighted by atomic mass is 10.2. The van der Waals surface area contributed by atoms with Gasteiger partial charge in [-0.15, -0.1) is 0 Å².